The van der Waals surface area contributed by atoms with Crippen molar-refractivity contribution in [3.05, 3.63) is 33.3 Å². The van der Waals surface area contributed by atoms with Crippen LogP contribution in [-0.4, -0.2) is 0 Å². The average molecular weight is 352 g/mol. The Labute approximate surface area is 151 Å². The summed E-state index contributed by atoms with van der Waals surface area (Å²) in [7, 11) is 0. The van der Waals surface area contributed by atoms with Gasteiger partial charge in [0.25, 0.3) is 0 Å². The van der Waals surface area contributed by atoms with Crippen LogP contribution in [0.15, 0.2) is 12.1 Å². The zero-order valence-electron chi connectivity index (χ0n) is 14.1. The Hall–Kier alpha value is -0.710. The first-order chi connectivity index (χ1) is 11.2. The van der Waals surface area contributed by atoms with Crippen molar-refractivity contribution in [3.63, 3.8) is 0 Å². The van der Waals surface area contributed by atoms with E-state index >= 15 is 0 Å². The molecule has 2 rings (SSSR count). The smallest absolute Gasteiger partial charge is 0.102 e. The van der Waals surface area contributed by atoms with Crippen molar-refractivity contribution < 1.29 is 0 Å². The van der Waals surface area contributed by atoms with Gasteiger partial charge in [0.05, 0.1) is 15.6 Å². The van der Waals surface area contributed by atoms with Crippen molar-refractivity contribution in [1.29, 1.82) is 5.26 Å². The van der Waals surface area contributed by atoms with E-state index in [2.05, 4.69) is 13.0 Å². The van der Waals surface area contributed by atoms with Crippen LogP contribution in [0.5, 0.6) is 0 Å². The third-order valence-electron chi connectivity index (χ3n) is 5.21. The maximum absolute atomic E-state index is 9.05. The van der Waals surface area contributed by atoms with Crippen LogP contribution in [0.3, 0.4) is 0 Å². The van der Waals surface area contributed by atoms with Crippen molar-refractivity contribution in [2.45, 2.75) is 77.0 Å². The molecule has 0 amide bonds. The van der Waals surface area contributed by atoms with E-state index in [4.69, 9.17) is 28.5 Å². The molecule has 0 aliphatic heterocycles. The largest absolute Gasteiger partial charge is 0.192 e. The number of benzene rings is 1. The van der Waals surface area contributed by atoms with Gasteiger partial charge in [0.2, 0.25) is 0 Å². The number of halogens is 2. The minimum atomic E-state index is 0.401. The molecule has 1 aliphatic carbocycles. The van der Waals surface area contributed by atoms with Crippen molar-refractivity contribution in [3.8, 4) is 6.07 Å². The molecule has 1 saturated carbocycles. The second-order valence-electron chi connectivity index (χ2n) is 6.89. The van der Waals surface area contributed by atoms with Gasteiger partial charge in [0, 0.05) is 0 Å². The van der Waals surface area contributed by atoms with E-state index in [9.17, 15) is 0 Å². The highest BCUT2D eigenvalue weighted by molar-refractivity contribution is 6.36. The fourth-order valence-corrected chi connectivity index (χ4v) is 4.34. The number of hydrogen-bond acceptors (Lipinski definition) is 1. The first-order valence-corrected chi connectivity index (χ1v) is 9.80. The molecule has 1 aromatic rings. The summed E-state index contributed by atoms with van der Waals surface area (Å²) < 4.78 is 0. The maximum Gasteiger partial charge on any atom is 0.102 e. The zero-order valence-corrected chi connectivity index (χ0v) is 15.6. The van der Waals surface area contributed by atoms with Gasteiger partial charge in [-0.05, 0) is 55.2 Å². The molecule has 1 nitrogen and oxygen atoms in total. The normalized spacial score (nSPS) is 21.1. The van der Waals surface area contributed by atoms with Gasteiger partial charge >= 0.3 is 0 Å². The third kappa shape index (κ3) is 5.40. The molecule has 1 fully saturated rings. The van der Waals surface area contributed by atoms with Gasteiger partial charge in [-0.25, -0.2) is 0 Å². The predicted molar refractivity (Wildman–Crippen MR) is 99.3 cm³/mol. The topological polar surface area (TPSA) is 23.8 Å². The number of unbranched alkanes of at least 4 members (excludes halogenated alkanes) is 4. The summed E-state index contributed by atoms with van der Waals surface area (Å²) in [6.07, 6.45) is 13.4. The lowest BCUT2D eigenvalue weighted by Crippen LogP contribution is -2.13. The molecule has 0 unspecified atom stereocenters. The quantitative estimate of drug-likeness (QED) is 0.466. The molecular formula is C20H27Cl2N. The fraction of sp³-hybridized carbons (Fsp3) is 0.650. The van der Waals surface area contributed by atoms with Gasteiger partial charge in [0.15, 0.2) is 0 Å². The van der Waals surface area contributed by atoms with E-state index < -0.39 is 0 Å². The van der Waals surface area contributed by atoms with Crippen molar-refractivity contribution in [1.82, 2.24) is 0 Å². The molecule has 0 saturated heterocycles. The lowest BCUT2D eigenvalue weighted by Gasteiger charge is -2.29. The minimum Gasteiger partial charge on any atom is -0.192 e. The van der Waals surface area contributed by atoms with Crippen LogP contribution in [0.1, 0.15) is 88.2 Å². The Bertz CT molecular complexity index is 516. The second kappa shape index (κ2) is 9.55. The Morgan fingerprint density at radius 1 is 1.00 bits per heavy atom. The summed E-state index contributed by atoms with van der Waals surface area (Å²) in [5.74, 6) is 1.45. The van der Waals surface area contributed by atoms with Crippen molar-refractivity contribution in [2.24, 2.45) is 5.92 Å². The average Bonchev–Trinajstić information content (AvgIpc) is 2.55. The molecule has 0 bridgehead atoms. The summed E-state index contributed by atoms with van der Waals surface area (Å²) >= 11 is 12.4. The van der Waals surface area contributed by atoms with Crippen LogP contribution >= 0.6 is 23.2 Å². The standard InChI is InChI=1S/C20H27Cl2N/c1-2-3-4-5-6-7-15-8-10-16(11-9-15)17-12-19(21)18(14-23)20(22)13-17/h12-13,15-16H,2-11H2,1H3/t15-,16-. The maximum atomic E-state index is 9.05. The van der Waals surface area contributed by atoms with E-state index in [0.717, 1.165) is 5.92 Å². The molecule has 0 atom stereocenters. The summed E-state index contributed by atoms with van der Waals surface area (Å²) in [5.41, 5.74) is 1.61. The first-order valence-electron chi connectivity index (χ1n) is 9.04. The molecule has 0 radical (unpaired) electrons. The molecule has 1 aromatic carbocycles. The van der Waals surface area contributed by atoms with Crippen molar-refractivity contribution in [2.75, 3.05) is 0 Å². The molecule has 0 aromatic heterocycles. The zero-order chi connectivity index (χ0) is 16.7. The Balaban J connectivity index is 1.82. The van der Waals surface area contributed by atoms with Crippen LogP contribution in [0.4, 0.5) is 0 Å². The molecule has 126 valence electrons. The lowest BCUT2D eigenvalue weighted by molar-refractivity contribution is 0.302. The predicted octanol–water partition coefficient (Wildman–Crippen LogP) is 7.50. The summed E-state index contributed by atoms with van der Waals surface area (Å²) in [5, 5.41) is 10.0. The monoisotopic (exact) mass is 351 g/mol. The molecule has 23 heavy (non-hydrogen) atoms. The van der Waals surface area contributed by atoms with E-state index in [-0.39, 0.29) is 0 Å². The molecule has 0 spiro atoms. The van der Waals surface area contributed by atoms with Gasteiger partial charge in [-0.3, -0.25) is 0 Å². The van der Waals surface area contributed by atoms with Crippen molar-refractivity contribution >= 4 is 23.2 Å². The van der Waals surface area contributed by atoms with Gasteiger partial charge in [-0.1, -0.05) is 68.7 Å². The second-order valence-corrected chi connectivity index (χ2v) is 7.71. The highest BCUT2D eigenvalue weighted by Crippen LogP contribution is 2.40. The number of rotatable bonds is 7. The molecular weight excluding hydrogens is 325 g/mol. The van der Waals surface area contributed by atoms with Gasteiger partial charge < -0.3 is 0 Å². The summed E-state index contributed by atoms with van der Waals surface area (Å²) in [6, 6.07) is 5.97. The third-order valence-corrected chi connectivity index (χ3v) is 5.81. The van der Waals surface area contributed by atoms with E-state index in [1.165, 1.54) is 69.8 Å². The summed E-state index contributed by atoms with van der Waals surface area (Å²) in [6.45, 7) is 2.27. The molecule has 1 aliphatic rings. The lowest BCUT2D eigenvalue weighted by atomic mass is 9.77. The number of hydrogen-bond donors (Lipinski definition) is 0. The number of nitrogens with zero attached hydrogens (tertiary/aromatic N) is 1. The highest BCUT2D eigenvalue weighted by atomic mass is 35.5. The van der Waals surface area contributed by atoms with Gasteiger partial charge in [0.1, 0.15) is 6.07 Å². The first kappa shape index (κ1) is 18.6. The molecule has 0 N–H and O–H groups in total. The Morgan fingerprint density at radius 3 is 2.17 bits per heavy atom. The molecule has 3 heteroatoms. The van der Waals surface area contributed by atoms with Gasteiger partial charge in [-0.2, -0.15) is 5.26 Å². The Kier molecular flexibility index (Phi) is 7.74. The van der Waals surface area contributed by atoms with E-state index in [0.29, 0.717) is 21.5 Å². The SMILES string of the molecule is CCCCCCC[C@H]1CC[C@H](c2cc(Cl)c(C#N)c(Cl)c2)CC1. The highest BCUT2D eigenvalue weighted by Gasteiger charge is 2.23. The number of nitriles is 1. The van der Waals surface area contributed by atoms with Crippen LogP contribution in [0.25, 0.3) is 0 Å². The van der Waals surface area contributed by atoms with Crippen LogP contribution < -0.4 is 0 Å². The van der Waals surface area contributed by atoms with E-state index in [1.54, 1.807) is 0 Å². The van der Waals surface area contributed by atoms with Crippen LogP contribution in [-0.2, 0) is 0 Å². The molecule has 0 heterocycles. The van der Waals surface area contributed by atoms with E-state index in [1.807, 2.05) is 12.1 Å². The minimum absolute atomic E-state index is 0.401. The van der Waals surface area contributed by atoms with Crippen LogP contribution in [0, 0.1) is 17.2 Å². The van der Waals surface area contributed by atoms with Crippen LogP contribution in [0.2, 0.25) is 10.0 Å². The Morgan fingerprint density at radius 2 is 1.61 bits per heavy atom. The summed E-state index contributed by atoms with van der Waals surface area (Å²) in [4.78, 5) is 0. The fourth-order valence-electron chi connectivity index (χ4n) is 3.76. The van der Waals surface area contributed by atoms with Gasteiger partial charge in [-0.15, -0.1) is 0 Å².